The second kappa shape index (κ2) is 8.23. The number of thioether (sulfide) groups is 1. The lowest BCUT2D eigenvalue weighted by Crippen LogP contribution is -2.15. The SMILES string of the molecule is CCOc1cc(NC(=O)OCc2ccccc2)nnc1SC. The van der Waals surface area contributed by atoms with Crippen molar-refractivity contribution in [3.8, 4) is 5.75 Å². The predicted octanol–water partition coefficient (Wildman–Crippen LogP) is 3.35. The number of rotatable bonds is 6. The molecule has 0 bridgehead atoms. The van der Waals surface area contributed by atoms with Crippen molar-refractivity contribution in [2.45, 2.75) is 18.6 Å². The Morgan fingerprint density at radius 3 is 2.73 bits per heavy atom. The van der Waals surface area contributed by atoms with Gasteiger partial charge in [0.2, 0.25) is 0 Å². The van der Waals surface area contributed by atoms with Crippen LogP contribution in [0.3, 0.4) is 0 Å². The van der Waals surface area contributed by atoms with E-state index in [4.69, 9.17) is 9.47 Å². The first-order valence-corrected chi connectivity index (χ1v) is 7.97. The number of benzene rings is 1. The molecule has 1 aromatic carbocycles. The maximum Gasteiger partial charge on any atom is 0.413 e. The van der Waals surface area contributed by atoms with Crippen LogP contribution in [0.15, 0.2) is 41.4 Å². The van der Waals surface area contributed by atoms with Crippen LogP contribution in [0.4, 0.5) is 10.6 Å². The summed E-state index contributed by atoms with van der Waals surface area (Å²) in [6.07, 6.45) is 1.30. The van der Waals surface area contributed by atoms with Crippen LogP contribution >= 0.6 is 11.8 Å². The monoisotopic (exact) mass is 319 g/mol. The highest BCUT2D eigenvalue weighted by atomic mass is 32.2. The minimum Gasteiger partial charge on any atom is -0.491 e. The summed E-state index contributed by atoms with van der Waals surface area (Å²) in [5.41, 5.74) is 0.913. The Balaban J connectivity index is 1.95. The van der Waals surface area contributed by atoms with E-state index in [0.29, 0.717) is 23.2 Å². The molecule has 0 aliphatic rings. The highest BCUT2D eigenvalue weighted by Gasteiger charge is 2.10. The molecule has 0 aliphatic heterocycles. The smallest absolute Gasteiger partial charge is 0.413 e. The maximum absolute atomic E-state index is 11.8. The number of hydrogen-bond donors (Lipinski definition) is 1. The van der Waals surface area contributed by atoms with Gasteiger partial charge in [0, 0.05) is 6.07 Å². The van der Waals surface area contributed by atoms with Gasteiger partial charge in [-0.1, -0.05) is 30.3 Å². The molecular formula is C15H17N3O3S. The minimum absolute atomic E-state index is 0.196. The molecule has 0 spiro atoms. The summed E-state index contributed by atoms with van der Waals surface area (Å²) in [7, 11) is 0. The average molecular weight is 319 g/mol. The lowest BCUT2D eigenvalue weighted by Gasteiger charge is -2.09. The maximum atomic E-state index is 11.8. The number of carbonyl (C=O) groups is 1. The fourth-order valence-electron chi connectivity index (χ4n) is 1.69. The average Bonchev–Trinajstić information content (AvgIpc) is 2.55. The summed E-state index contributed by atoms with van der Waals surface area (Å²) in [6, 6.07) is 11.1. The number of amides is 1. The van der Waals surface area contributed by atoms with E-state index in [1.165, 1.54) is 11.8 Å². The number of carbonyl (C=O) groups excluding carboxylic acids is 1. The van der Waals surface area contributed by atoms with E-state index in [0.717, 1.165) is 5.56 Å². The molecule has 7 heteroatoms. The largest absolute Gasteiger partial charge is 0.491 e. The van der Waals surface area contributed by atoms with Gasteiger partial charge in [0.1, 0.15) is 6.61 Å². The summed E-state index contributed by atoms with van der Waals surface area (Å²) in [6.45, 7) is 2.59. The first-order chi connectivity index (χ1) is 10.7. The van der Waals surface area contributed by atoms with E-state index in [-0.39, 0.29) is 6.61 Å². The Kier molecular flexibility index (Phi) is 6.02. The number of nitrogens with zero attached hydrogens (tertiary/aromatic N) is 2. The van der Waals surface area contributed by atoms with Crippen molar-refractivity contribution in [1.82, 2.24) is 10.2 Å². The molecule has 6 nitrogen and oxygen atoms in total. The third-order valence-corrected chi connectivity index (χ3v) is 3.33. The molecule has 0 radical (unpaired) electrons. The highest BCUT2D eigenvalue weighted by Crippen LogP contribution is 2.26. The van der Waals surface area contributed by atoms with Gasteiger partial charge in [0.15, 0.2) is 16.6 Å². The Hall–Kier alpha value is -2.28. The fourth-order valence-corrected chi connectivity index (χ4v) is 2.13. The Labute approximate surface area is 133 Å². The van der Waals surface area contributed by atoms with Crippen molar-refractivity contribution >= 4 is 23.7 Å². The predicted molar refractivity (Wildman–Crippen MR) is 85.2 cm³/mol. The van der Waals surface area contributed by atoms with Gasteiger partial charge in [-0.15, -0.1) is 22.0 Å². The molecule has 0 saturated carbocycles. The van der Waals surface area contributed by atoms with Crippen molar-refractivity contribution < 1.29 is 14.3 Å². The lowest BCUT2D eigenvalue weighted by molar-refractivity contribution is 0.155. The molecule has 0 aliphatic carbocycles. The van der Waals surface area contributed by atoms with E-state index in [1.807, 2.05) is 43.5 Å². The van der Waals surface area contributed by atoms with E-state index in [9.17, 15) is 4.79 Å². The Morgan fingerprint density at radius 1 is 1.27 bits per heavy atom. The van der Waals surface area contributed by atoms with Crippen LogP contribution < -0.4 is 10.1 Å². The number of nitrogens with one attached hydrogen (secondary N) is 1. The zero-order valence-corrected chi connectivity index (χ0v) is 13.2. The molecule has 116 valence electrons. The fraction of sp³-hybridized carbons (Fsp3) is 0.267. The van der Waals surface area contributed by atoms with Crippen LogP contribution in [0, 0.1) is 0 Å². The van der Waals surface area contributed by atoms with Crippen molar-refractivity contribution in [2.24, 2.45) is 0 Å². The molecule has 1 N–H and O–H groups in total. The standard InChI is InChI=1S/C15H17N3O3S/c1-3-20-12-9-13(17-18-14(12)22-2)16-15(19)21-10-11-7-5-4-6-8-11/h4-9H,3,10H2,1-2H3,(H,16,17,19). The third-order valence-electron chi connectivity index (χ3n) is 2.66. The van der Waals surface area contributed by atoms with Gasteiger partial charge < -0.3 is 9.47 Å². The van der Waals surface area contributed by atoms with Crippen LogP contribution in [0.25, 0.3) is 0 Å². The molecule has 0 atom stereocenters. The number of aromatic nitrogens is 2. The minimum atomic E-state index is -0.586. The molecule has 1 aromatic heterocycles. The normalized spacial score (nSPS) is 10.1. The summed E-state index contributed by atoms with van der Waals surface area (Å²) < 4.78 is 10.6. The summed E-state index contributed by atoms with van der Waals surface area (Å²) in [5.74, 6) is 0.877. The molecule has 0 fully saturated rings. The molecule has 1 amide bonds. The van der Waals surface area contributed by atoms with Crippen molar-refractivity contribution in [2.75, 3.05) is 18.2 Å². The van der Waals surface area contributed by atoms with E-state index in [1.54, 1.807) is 6.07 Å². The van der Waals surface area contributed by atoms with Crippen molar-refractivity contribution in [3.05, 3.63) is 42.0 Å². The van der Waals surface area contributed by atoms with Gasteiger partial charge in [-0.05, 0) is 18.7 Å². The number of hydrogen-bond acceptors (Lipinski definition) is 6. The highest BCUT2D eigenvalue weighted by molar-refractivity contribution is 7.98. The van der Waals surface area contributed by atoms with Gasteiger partial charge in [-0.2, -0.15) is 0 Å². The summed E-state index contributed by atoms with van der Waals surface area (Å²) >= 11 is 1.43. The summed E-state index contributed by atoms with van der Waals surface area (Å²) in [5, 5.41) is 11.1. The second-order valence-corrected chi connectivity index (χ2v) is 5.02. The van der Waals surface area contributed by atoms with E-state index in [2.05, 4.69) is 15.5 Å². The van der Waals surface area contributed by atoms with Crippen LogP contribution in [-0.4, -0.2) is 29.2 Å². The van der Waals surface area contributed by atoms with Crippen molar-refractivity contribution in [3.63, 3.8) is 0 Å². The summed E-state index contributed by atoms with van der Waals surface area (Å²) in [4.78, 5) is 11.8. The first-order valence-electron chi connectivity index (χ1n) is 6.75. The van der Waals surface area contributed by atoms with Gasteiger partial charge in [0.25, 0.3) is 0 Å². The van der Waals surface area contributed by atoms with Gasteiger partial charge in [-0.3, -0.25) is 5.32 Å². The molecular weight excluding hydrogens is 302 g/mol. The molecule has 2 aromatic rings. The van der Waals surface area contributed by atoms with Crippen molar-refractivity contribution in [1.29, 1.82) is 0 Å². The first kappa shape index (κ1) is 16.1. The zero-order chi connectivity index (χ0) is 15.8. The van der Waals surface area contributed by atoms with Gasteiger partial charge in [-0.25, -0.2) is 4.79 Å². The zero-order valence-electron chi connectivity index (χ0n) is 12.4. The molecule has 0 unspecified atom stereocenters. The van der Waals surface area contributed by atoms with E-state index >= 15 is 0 Å². The van der Waals surface area contributed by atoms with Gasteiger partial charge >= 0.3 is 6.09 Å². The topological polar surface area (TPSA) is 73.3 Å². The van der Waals surface area contributed by atoms with Crippen LogP contribution in [0.5, 0.6) is 5.75 Å². The molecule has 2 rings (SSSR count). The molecule has 22 heavy (non-hydrogen) atoms. The second-order valence-electron chi connectivity index (χ2n) is 4.22. The van der Waals surface area contributed by atoms with Gasteiger partial charge in [0.05, 0.1) is 6.61 Å². The molecule has 0 saturated heterocycles. The van der Waals surface area contributed by atoms with Crippen LogP contribution in [0.1, 0.15) is 12.5 Å². The quantitative estimate of drug-likeness (QED) is 0.823. The van der Waals surface area contributed by atoms with Crippen LogP contribution in [0.2, 0.25) is 0 Å². The lowest BCUT2D eigenvalue weighted by atomic mass is 10.2. The molecule has 1 heterocycles. The number of anilines is 1. The number of ether oxygens (including phenoxy) is 2. The van der Waals surface area contributed by atoms with E-state index < -0.39 is 6.09 Å². The third kappa shape index (κ3) is 4.63. The Morgan fingerprint density at radius 2 is 2.05 bits per heavy atom. The van der Waals surface area contributed by atoms with Crippen LogP contribution in [-0.2, 0) is 11.3 Å². The Bertz CT molecular complexity index is 623.